The monoisotopic (exact) mass is 1730 g/mol. The summed E-state index contributed by atoms with van der Waals surface area (Å²) in [6.45, 7) is 11.5. The van der Waals surface area contributed by atoms with Crippen molar-refractivity contribution in [1.82, 2.24) is 59.3 Å². The lowest BCUT2D eigenvalue weighted by Crippen LogP contribution is -2.49. The molecule has 0 spiro atoms. The highest BCUT2D eigenvalue weighted by atomic mass is 35.5. The first-order chi connectivity index (χ1) is 58.5. The van der Waals surface area contributed by atoms with E-state index in [0.717, 1.165) is 33.4 Å². The van der Waals surface area contributed by atoms with E-state index >= 15 is 13.2 Å². The molecule has 3 aliphatic carbocycles. The summed E-state index contributed by atoms with van der Waals surface area (Å²) in [5, 5.41) is 36.4. The topological polar surface area (TPSA) is 300 Å². The lowest BCUT2D eigenvalue weighted by atomic mass is 9.82. The van der Waals surface area contributed by atoms with E-state index in [4.69, 9.17) is 49.3 Å². The number of carbonyl (C=O) groups is 6. The van der Waals surface area contributed by atoms with Gasteiger partial charge in [-0.1, -0.05) is 121 Å². The first kappa shape index (κ1) is 88.0. The fourth-order valence-electron chi connectivity index (χ4n) is 16.1. The molecule has 642 valence electrons. The molecule has 3 atom stereocenters. The molecule has 3 saturated heterocycles. The number of rotatable bonds is 20. The standard InChI is InChI=1S/C30H34ClFN6O3.C30H33ClFN5O4.C29H31ClFN5O4/c1-4-24(40)37-11-13-38(14-12-37)29-22-17-23(31)26(21-16-19(39)15-18-7-5-6-8-20(18)21)27(32)28(22)34-30(35-29)33-10-9-25(41)36(2)3;1-4-24(39)36-10-12-37(13-11-36)29-22-17-23(31)26(21-16-19(38)15-18-7-5-6-8-20(18)21)27(32)28(22)33-30(34-29)41-14-9-25(40)35(2)3;1-17(37)35-9-11-36(12-10-35)28-22-16-23(30)25(21-15-19(38)14-18-6-4-5-7-20(18)21)26(31)27(22)32-29(33-28)40-13-8-24(39)34(2)3/h5-8,16-17,21,39H,4,9-15H2,1-3H3,(H,33,34,35);5-8,16-17,21,38H,4,9-15H2,1-3H3;4-7,15-16,21,38H,8-14H2,1-3H3/t3*21-/m111/s1. The summed E-state index contributed by atoms with van der Waals surface area (Å²) < 4.78 is 61.2. The molecule has 33 heteroatoms. The van der Waals surface area contributed by atoms with Crippen LogP contribution >= 0.6 is 34.8 Å². The Labute approximate surface area is 720 Å². The molecule has 9 aromatic rings. The van der Waals surface area contributed by atoms with Crippen LogP contribution in [0.4, 0.5) is 36.6 Å². The van der Waals surface area contributed by atoms with E-state index in [9.17, 15) is 44.1 Å². The molecule has 27 nitrogen and oxygen atoms in total. The van der Waals surface area contributed by atoms with Gasteiger partial charge in [0.05, 0.1) is 30.1 Å². The molecule has 6 heterocycles. The Hall–Kier alpha value is -11.8. The van der Waals surface area contributed by atoms with Gasteiger partial charge in [-0.05, 0) is 69.8 Å². The Kier molecular flexibility index (Phi) is 27.8. The van der Waals surface area contributed by atoms with Crippen LogP contribution in [0.25, 0.3) is 32.7 Å². The zero-order valence-electron chi connectivity index (χ0n) is 69.5. The van der Waals surface area contributed by atoms with Gasteiger partial charge >= 0.3 is 12.0 Å². The van der Waals surface area contributed by atoms with Gasteiger partial charge in [-0.3, -0.25) is 28.8 Å². The molecule has 3 aromatic heterocycles. The molecular weight excluding hydrogens is 1630 g/mol. The maximum Gasteiger partial charge on any atom is 0.319 e. The van der Waals surface area contributed by atoms with Crippen molar-refractivity contribution in [1.29, 1.82) is 0 Å². The highest BCUT2D eigenvalue weighted by Crippen LogP contribution is 2.47. The van der Waals surface area contributed by atoms with Crippen LogP contribution in [0, 0.1) is 17.5 Å². The minimum atomic E-state index is -0.631. The summed E-state index contributed by atoms with van der Waals surface area (Å²) in [6, 6.07) is 27.6. The summed E-state index contributed by atoms with van der Waals surface area (Å²) in [7, 11) is 10.0. The quantitative estimate of drug-likeness (QED) is 0.0551. The van der Waals surface area contributed by atoms with Crippen molar-refractivity contribution in [3.05, 3.63) is 209 Å². The minimum Gasteiger partial charge on any atom is -0.512 e. The van der Waals surface area contributed by atoms with Crippen molar-refractivity contribution in [3.8, 4) is 12.0 Å². The number of ether oxygens (including phenoxy) is 2. The summed E-state index contributed by atoms with van der Waals surface area (Å²) in [5.74, 6) is -1.77. The average Bonchev–Trinajstić information content (AvgIpc) is 0.752. The zero-order valence-corrected chi connectivity index (χ0v) is 71.7. The number of carbonyl (C=O) groups excluding carboxylic acids is 6. The van der Waals surface area contributed by atoms with E-state index in [0.29, 0.717) is 144 Å². The van der Waals surface area contributed by atoms with Gasteiger partial charge in [-0.15, -0.1) is 0 Å². The van der Waals surface area contributed by atoms with Crippen molar-refractivity contribution >= 4 is 126 Å². The second-order valence-electron chi connectivity index (χ2n) is 31.2. The number of fused-ring (bicyclic) bond motifs is 6. The number of nitrogens with one attached hydrogen (secondary N) is 1. The fourth-order valence-corrected chi connectivity index (χ4v) is 17.0. The normalized spacial score (nSPS) is 16.8. The van der Waals surface area contributed by atoms with Crippen LogP contribution in [0.1, 0.15) is 121 Å². The summed E-state index contributed by atoms with van der Waals surface area (Å²) in [6.07, 6.45) is 7.28. The third kappa shape index (κ3) is 19.4. The van der Waals surface area contributed by atoms with Gasteiger partial charge in [0.15, 0.2) is 17.5 Å². The van der Waals surface area contributed by atoms with Crippen LogP contribution in [0.5, 0.6) is 12.0 Å². The third-order valence-corrected chi connectivity index (χ3v) is 23.6. The highest BCUT2D eigenvalue weighted by molar-refractivity contribution is 6.33. The molecule has 0 saturated carbocycles. The molecule has 3 fully saturated rings. The Morgan fingerprint density at radius 1 is 0.443 bits per heavy atom. The van der Waals surface area contributed by atoms with E-state index in [1.165, 1.54) is 21.6 Å². The van der Waals surface area contributed by atoms with Gasteiger partial charge in [-0.2, -0.15) is 24.9 Å². The number of hydrogen-bond acceptors (Lipinski definition) is 21. The lowest BCUT2D eigenvalue weighted by molar-refractivity contribution is -0.131. The highest BCUT2D eigenvalue weighted by Gasteiger charge is 2.36. The van der Waals surface area contributed by atoms with Crippen LogP contribution in [0.2, 0.25) is 15.1 Å². The molecule has 0 bridgehead atoms. The van der Waals surface area contributed by atoms with Crippen molar-refractivity contribution < 1.29 is 66.7 Å². The molecule has 0 radical (unpaired) electrons. The van der Waals surface area contributed by atoms with Crippen molar-refractivity contribution in [2.24, 2.45) is 0 Å². The molecule has 0 unspecified atom stereocenters. The number of aliphatic hydroxyl groups is 3. The molecule has 6 amide bonds. The zero-order chi connectivity index (χ0) is 87.1. The Morgan fingerprint density at radius 2 is 0.754 bits per heavy atom. The van der Waals surface area contributed by atoms with Crippen LogP contribution in [-0.4, -0.2) is 251 Å². The molecule has 4 N–H and O–H groups in total. The molecule has 6 aliphatic rings. The number of allylic oxidation sites excluding steroid dienone is 6. The predicted molar refractivity (Wildman–Crippen MR) is 464 cm³/mol. The van der Waals surface area contributed by atoms with E-state index in [1.54, 1.807) is 88.5 Å². The van der Waals surface area contributed by atoms with Gasteiger partial charge in [0.25, 0.3) is 0 Å². The van der Waals surface area contributed by atoms with Crippen molar-refractivity contribution in [3.63, 3.8) is 0 Å². The summed E-state index contributed by atoms with van der Waals surface area (Å²) in [5.41, 5.74) is 6.07. The largest absolute Gasteiger partial charge is 0.512 e. The summed E-state index contributed by atoms with van der Waals surface area (Å²) >= 11 is 20.4. The average molecular weight is 1730 g/mol. The maximum atomic E-state index is 16.6. The fraction of sp³-hybridized carbons (Fsp3) is 0.393. The number of halogens is 6. The number of benzene rings is 6. The van der Waals surface area contributed by atoms with Crippen LogP contribution < -0.4 is 29.5 Å². The van der Waals surface area contributed by atoms with Crippen LogP contribution in [0.15, 0.2) is 127 Å². The summed E-state index contributed by atoms with van der Waals surface area (Å²) in [4.78, 5) is 116. The van der Waals surface area contributed by atoms with Gasteiger partial charge in [0, 0.05) is 238 Å². The first-order valence-electron chi connectivity index (χ1n) is 40.7. The van der Waals surface area contributed by atoms with Crippen LogP contribution in [0.3, 0.4) is 0 Å². The lowest BCUT2D eigenvalue weighted by Gasteiger charge is -2.36. The Morgan fingerprint density at radius 3 is 1.08 bits per heavy atom. The molecule has 6 aromatic carbocycles. The number of aliphatic hydroxyl groups excluding tert-OH is 3. The van der Waals surface area contributed by atoms with E-state index in [1.807, 2.05) is 106 Å². The predicted octanol–water partition coefficient (Wildman–Crippen LogP) is 13.0. The third-order valence-electron chi connectivity index (χ3n) is 22.7. The number of nitrogens with zero attached hydrogens (tertiary/aromatic N) is 15. The van der Waals surface area contributed by atoms with Gasteiger partial charge in [-0.25, -0.2) is 18.2 Å². The molecule has 122 heavy (non-hydrogen) atoms. The molecule has 15 rings (SSSR count). The minimum absolute atomic E-state index is 0.00965. The first-order valence-corrected chi connectivity index (χ1v) is 41.8. The van der Waals surface area contributed by atoms with Gasteiger partial charge in [0.1, 0.15) is 47.2 Å². The number of piperazine rings is 3. The number of anilines is 4. The smallest absolute Gasteiger partial charge is 0.319 e. The Balaban J connectivity index is 0.000000158. The van der Waals surface area contributed by atoms with Gasteiger partial charge in [0.2, 0.25) is 41.4 Å². The second-order valence-corrected chi connectivity index (χ2v) is 32.4. The number of amides is 6. The maximum absolute atomic E-state index is 16.6. The van der Waals surface area contributed by atoms with Crippen molar-refractivity contribution in [2.75, 3.05) is 161 Å². The molecule has 3 aliphatic heterocycles. The SMILES string of the molecule is CC(=O)N1CCN(c2nc(OCCC(=O)N(C)C)nc3c(F)c([C@@H]4C=C(O)Cc5ccccc54)c(Cl)cc23)CC1.CCC(=O)N1CCN(c2nc(NCCC(=O)N(C)C)nc3c(F)c([C@@H]4C=C(O)Cc5ccccc54)c(Cl)cc23)CC1.CCC(=O)N1CCN(c2nc(OCCC(=O)N(C)C)nc3c(F)c([C@@H]4C=C(O)Cc5ccccc54)c(Cl)cc23)CC1. The van der Waals surface area contributed by atoms with Crippen molar-refractivity contribution in [2.45, 2.75) is 89.9 Å². The van der Waals surface area contributed by atoms with Crippen LogP contribution in [-0.2, 0) is 48.0 Å². The van der Waals surface area contributed by atoms with Gasteiger partial charge < -0.3 is 74.2 Å². The second kappa shape index (κ2) is 38.5. The Bertz CT molecular complexity index is 5390. The van der Waals surface area contributed by atoms with E-state index in [2.05, 4.69) is 30.2 Å². The number of hydrogen-bond donors (Lipinski definition) is 4. The number of aromatic nitrogens is 6. The van der Waals surface area contributed by atoms with E-state index in [-0.39, 0.29) is 158 Å². The molecular formula is C89H98Cl3F3N16O11. The van der Waals surface area contributed by atoms with E-state index < -0.39 is 35.2 Å².